The van der Waals surface area contributed by atoms with Gasteiger partial charge in [-0.3, -0.25) is 0 Å². The Morgan fingerprint density at radius 1 is 1.25 bits per heavy atom. The van der Waals surface area contributed by atoms with Gasteiger partial charge in [0.25, 0.3) is 0 Å². The monoisotopic (exact) mass is 267 g/mol. The third kappa shape index (κ3) is 2.18. The Morgan fingerprint density at radius 2 is 2.05 bits per heavy atom. The molecule has 104 valence electrons. The smallest absolute Gasteiger partial charge is 0.138 e. The summed E-state index contributed by atoms with van der Waals surface area (Å²) in [4.78, 5) is 7.12. The van der Waals surface area contributed by atoms with Gasteiger partial charge in [-0.25, -0.2) is 4.98 Å². The van der Waals surface area contributed by atoms with Crippen molar-refractivity contribution >= 4 is 11.5 Å². The van der Waals surface area contributed by atoms with Crippen molar-refractivity contribution in [3.8, 4) is 0 Å². The average molecular weight is 267 g/mol. The molecule has 1 atom stereocenters. The second-order valence-electron chi connectivity index (χ2n) is 5.53. The van der Waals surface area contributed by atoms with Gasteiger partial charge in [0, 0.05) is 29.5 Å². The number of aryl methyl sites for hydroxylation is 2. The standard InChI is InChI=1S/C17H21N3/c1-12-7-9-15(11-18)17(19-12)20-13(2)8-10-14-5-3-4-6-16(14)20/h3-7,9,13H,8,10-11,18H2,1-2H3. The van der Waals surface area contributed by atoms with Crippen LogP contribution in [0.3, 0.4) is 0 Å². The van der Waals surface area contributed by atoms with E-state index in [1.54, 1.807) is 0 Å². The zero-order chi connectivity index (χ0) is 14.1. The second kappa shape index (κ2) is 5.25. The number of pyridine rings is 1. The van der Waals surface area contributed by atoms with E-state index in [1.807, 2.05) is 13.0 Å². The molecule has 1 aromatic heterocycles. The maximum Gasteiger partial charge on any atom is 0.138 e. The predicted molar refractivity (Wildman–Crippen MR) is 83.2 cm³/mol. The maximum atomic E-state index is 5.91. The summed E-state index contributed by atoms with van der Waals surface area (Å²) >= 11 is 0. The van der Waals surface area contributed by atoms with Crippen molar-refractivity contribution in [1.29, 1.82) is 0 Å². The molecule has 2 aromatic rings. The Kier molecular flexibility index (Phi) is 3.45. The van der Waals surface area contributed by atoms with Gasteiger partial charge in [0.2, 0.25) is 0 Å². The van der Waals surface area contributed by atoms with Crippen LogP contribution in [0.2, 0.25) is 0 Å². The van der Waals surface area contributed by atoms with E-state index in [-0.39, 0.29) is 0 Å². The molecule has 1 aromatic carbocycles. The summed E-state index contributed by atoms with van der Waals surface area (Å²) in [5, 5.41) is 0. The van der Waals surface area contributed by atoms with E-state index in [0.717, 1.165) is 29.9 Å². The normalized spacial score (nSPS) is 17.9. The van der Waals surface area contributed by atoms with Crippen LogP contribution >= 0.6 is 0 Å². The number of benzene rings is 1. The molecule has 0 saturated heterocycles. The maximum absolute atomic E-state index is 5.91. The molecule has 0 fully saturated rings. The molecule has 0 amide bonds. The highest BCUT2D eigenvalue weighted by atomic mass is 15.2. The molecule has 3 heteroatoms. The number of hydrogen-bond donors (Lipinski definition) is 1. The summed E-state index contributed by atoms with van der Waals surface area (Å²) in [5.74, 6) is 1.02. The lowest BCUT2D eigenvalue weighted by Crippen LogP contribution is -2.34. The first-order chi connectivity index (χ1) is 9.70. The highest BCUT2D eigenvalue weighted by molar-refractivity contribution is 5.68. The molecule has 1 aliphatic heterocycles. The highest BCUT2D eigenvalue weighted by Gasteiger charge is 2.26. The number of nitrogens with zero attached hydrogens (tertiary/aromatic N) is 2. The van der Waals surface area contributed by atoms with Crippen molar-refractivity contribution < 1.29 is 0 Å². The van der Waals surface area contributed by atoms with Gasteiger partial charge >= 0.3 is 0 Å². The summed E-state index contributed by atoms with van der Waals surface area (Å²) in [5.41, 5.74) is 10.7. The van der Waals surface area contributed by atoms with Gasteiger partial charge in [0.05, 0.1) is 0 Å². The van der Waals surface area contributed by atoms with Gasteiger partial charge in [0.1, 0.15) is 5.82 Å². The van der Waals surface area contributed by atoms with Gasteiger partial charge in [-0.05, 0) is 44.4 Å². The quantitative estimate of drug-likeness (QED) is 0.907. The molecule has 0 aliphatic carbocycles. The summed E-state index contributed by atoms with van der Waals surface area (Å²) in [6.07, 6.45) is 2.29. The van der Waals surface area contributed by atoms with Crippen LogP contribution in [-0.4, -0.2) is 11.0 Å². The summed E-state index contributed by atoms with van der Waals surface area (Å²) in [6.45, 7) is 4.82. The fourth-order valence-electron chi connectivity index (χ4n) is 2.95. The minimum atomic E-state index is 0.449. The Bertz CT molecular complexity index is 621. The summed E-state index contributed by atoms with van der Waals surface area (Å²) in [6, 6.07) is 13.2. The molecule has 0 bridgehead atoms. The van der Waals surface area contributed by atoms with Gasteiger partial charge in [-0.1, -0.05) is 24.3 Å². The molecule has 3 rings (SSSR count). The van der Waals surface area contributed by atoms with Crippen LogP contribution in [0.25, 0.3) is 0 Å². The molecule has 0 radical (unpaired) electrons. The fourth-order valence-corrected chi connectivity index (χ4v) is 2.95. The van der Waals surface area contributed by atoms with E-state index in [4.69, 9.17) is 10.7 Å². The van der Waals surface area contributed by atoms with Gasteiger partial charge < -0.3 is 10.6 Å². The topological polar surface area (TPSA) is 42.1 Å². The van der Waals surface area contributed by atoms with Gasteiger partial charge in [0.15, 0.2) is 0 Å². The predicted octanol–water partition coefficient (Wildman–Crippen LogP) is 3.32. The van der Waals surface area contributed by atoms with Gasteiger partial charge in [-0.15, -0.1) is 0 Å². The lowest BCUT2D eigenvalue weighted by Gasteiger charge is -2.37. The Morgan fingerprint density at radius 3 is 2.85 bits per heavy atom. The average Bonchev–Trinajstić information content (AvgIpc) is 2.47. The Balaban J connectivity index is 2.16. The van der Waals surface area contributed by atoms with Crippen molar-refractivity contribution in [2.45, 2.75) is 39.3 Å². The first-order valence-corrected chi connectivity index (χ1v) is 7.24. The van der Waals surface area contributed by atoms with Crippen molar-refractivity contribution in [2.24, 2.45) is 5.73 Å². The molecule has 0 saturated carbocycles. The fraction of sp³-hybridized carbons (Fsp3) is 0.353. The molecular formula is C17H21N3. The van der Waals surface area contributed by atoms with Crippen LogP contribution < -0.4 is 10.6 Å². The number of rotatable bonds is 2. The van der Waals surface area contributed by atoms with Crippen molar-refractivity contribution in [2.75, 3.05) is 4.90 Å². The first kappa shape index (κ1) is 13.1. The van der Waals surface area contributed by atoms with E-state index in [2.05, 4.69) is 42.2 Å². The van der Waals surface area contributed by atoms with E-state index >= 15 is 0 Å². The molecule has 0 spiro atoms. The van der Waals surface area contributed by atoms with E-state index in [1.165, 1.54) is 11.3 Å². The molecule has 1 aliphatic rings. The zero-order valence-electron chi connectivity index (χ0n) is 12.1. The van der Waals surface area contributed by atoms with Crippen molar-refractivity contribution in [3.05, 3.63) is 53.2 Å². The van der Waals surface area contributed by atoms with Crippen LogP contribution in [0.1, 0.15) is 30.2 Å². The number of aromatic nitrogens is 1. The van der Waals surface area contributed by atoms with E-state index in [0.29, 0.717) is 12.6 Å². The van der Waals surface area contributed by atoms with Crippen LogP contribution in [0.4, 0.5) is 11.5 Å². The summed E-state index contributed by atoms with van der Waals surface area (Å²) in [7, 11) is 0. The third-order valence-corrected chi connectivity index (χ3v) is 4.07. The van der Waals surface area contributed by atoms with Crippen LogP contribution in [-0.2, 0) is 13.0 Å². The van der Waals surface area contributed by atoms with Crippen LogP contribution in [0, 0.1) is 6.92 Å². The molecule has 2 heterocycles. The van der Waals surface area contributed by atoms with E-state index < -0.39 is 0 Å². The summed E-state index contributed by atoms with van der Waals surface area (Å²) < 4.78 is 0. The number of nitrogens with two attached hydrogens (primary N) is 1. The van der Waals surface area contributed by atoms with Gasteiger partial charge in [-0.2, -0.15) is 0 Å². The highest BCUT2D eigenvalue weighted by Crippen LogP contribution is 2.37. The molecule has 1 unspecified atom stereocenters. The SMILES string of the molecule is Cc1ccc(CN)c(N2c3ccccc3CCC2C)n1. The molecule has 3 nitrogen and oxygen atoms in total. The molecular weight excluding hydrogens is 246 g/mol. The lowest BCUT2D eigenvalue weighted by atomic mass is 9.96. The number of anilines is 2. The van der Waals surface area contributed by atoms with Crippen molar-refractivity contribution in [1.82, 2.24) is 4.98 Å². The number of hydrogen-bond acceptors (Lipinski definition) is 3. The lowest BCUT2D eigenvalue weighted by molar-refractivity contribution is 0.611. The Hall–Kier alpha value is -1.87. The third-order valence-electron chi connectivity index (χ3n) is 4.07. The minimum absolute atomic E-state index is 0.449. The van der Waals surface area contributed by atoms with Crippen LogP contribution in [0.5, 0.6) is 0 Å². The zero-order valence-corrected chi connectivity index (χ0v) is 12.1. The minimum Gasteiger partial charge on any atom is -0.326 e. The Labute approximate surface area is 120 Å². The van der Waals surface area contributed by atoms with E-state index in [9.17, 15) is 0 Å². The number of para-hydroxylation sites is 1. The molecule has 20 heavy (non-hydrogen) atoms. The largest absolute Gasteiger partial charge is 0.326 e. The number of fused-ring (bicyclic) bond motifs is 1. The second-order valence-corrected chi connectivity index (χ2v) is 5.53. The van der Waals surface area contributed by atoms with Crippen molar-refractivity contribution in [3.63, 3.8) is 0 Å². The molecule has 2 N–H and O–H groups in total. The van der Waals surface area contributed by atoms with Crippen LogP contribution in [0.15, 0.2) is 36.4 Å². The first-order valence-electron chi connectivity index (χ1n) is 7.24.